The lowest BCUT2D eigenvalue weighted by atomic mass is 9.90. The van der Waals surface area contributed by atoms with Crippen LogP contribution in [-0.2, 0) is 20.7 Å². The summed E-state index contributed by atoms with van der Waals surface area (Å²) in [6, 6.07) is 25.6. The molecule has 1 atom stereocenters. The first-order chi connectivity index (χ1) is 14.6. The highest BCUT2D eigenvalue weighted by molar-refractivity contribution is 5.91. The fourth-order valence-electron chi connectivity index (χ4n) is 3.37. The van der Waals surface area contributed by atoms with Crippen LogP contribution in [0.1, 0.15) is 22.6 Å². The van der Waals surface area contributed by atoms with E-state index in [2.05, 4.69) is 5.32 Å². The summed E-state index contributed by atoms with van der Waals surface area (Å²) in [4.78, 5) is 25.7. The number of nitrogens with one attached hydrogen (secondary N) is 1. The zero-order valence-electron chi connectivity index (χ0n) is 17.1. The molecule has 3 aromatic carbocycles. The number of hydrogen-bond donors (Lipinski definition) is 1. The predicted octanol–water partition coefficient (Wildman–Crippen LogP) is 3.73. The number of amides is 1. The lowest BCUT2D eigenvalue weighted by molar-refractivity contribution is -0.145. The second-order valence-corrected chi connectivity index (χ2v) is 6.89. The number of benzene rings is 3. The molecule has 1 amide bonds. The maximum Gasteiger partial charge on any atom is 0.328 e. The third-order valence-corrected chi connectivity index (χ3v) is 4.93. The molecule has 0 aliphatic heterocycles. The largest absolute Gasteiger partial charge is 0.497 e. The standard InChI is InChI=1S/C25H25NO4/c1-29-21-15-13-18(14-16-21)17-22(25(28)30-2)26-24(27)23(19-9-5-3-6-10-19)20-11-7-4-8-12-20/h3-16,22-23H,17H2,1-2H3,(H,26,27)/t22-/m1/s1. The van der Waals surface area contributed by atoms with Crippen molar-refractivity contribution in [3.05, 3.63) is 102 Å². The summed E-state index contributed by atoms with van der Waals surface area (Å²) >= 11 is 0. The van der Waals surface area contributed by atoms with Gasteiger partial charge in [0.05, 0.1) is 20.1 Å². The van der Waals surface area contributed by atoms with Crippen LogP contribution in [0.2, 0.25) is 0 Å². The van der Waals surface area contributed by atoms with E-state index in [1.54, 1.807) is 7.11 Å². The summed E-state index contributed by atoms with van der Waals surface area (Å²) in [5.41, 5.74) is 2.60. The van der Waals surface area contributed by atoms with E-state index < -0.39 is 17.9 Å². The van der Waals surface area contributed by atoms with Crippen molar-refractivity contribution in [1.82, 2.24) is 5.32 Å². The molecule has 30 heavy (non-hydrogen) atoms. The summed E-state index contributed by atoms with van der Waals surface area (Å²) in [6.07, 6.45) is 0.318. The Labute approximate surface area is 176 Å². The van der Waals surface area contributed by atoms with Gasteiger partial charge in [-0.1, -0.05) is 72.8 Å². The minimum atomic E-state index is -0.800. The summed E-state index contributed by atoms with van der Waals surface area (Å²) in [5.74, 6) is -0.545. The summed E-state index contributed by atoms with van der Waals surface area (Å²) in [7, 11) is 2.92. The molecule has 0 aliphatic carbocycles. The maximum absolute atomic E-state index is 13.3. The van der Waals surface area contributed by atoms with Crippen LogP contribution in [0.15, 0.2) is 84.9 Å². The monoisotopic (exact) mass is 403 g/mol. The highest BCUT2D eigenvalue weighted by Gasteiger charge is 2.28. The van der Waals surface area contributed by atoms with E-state index >= 15 is 0 Å². The first kappa shape index (κ1) is 21.1. The molecule has 0 saturated heterocycles. The highest BCUT2D eigenvalue weighted by atomic mass is 16.5. The topological polar surface area (TPSA) is 64.6 Å². The fraction of sp³-hybridized carbons (Fsp3) is 0.200. The molecular weight excluding hydrogens is 378 g/mol. The number of carbonyl (C=O) groups excluding carboxylic acids is 2. The predicted molar refractivity (Wildman–Crippen MR) is 115 cm³/mol. The van der Waals surface area contributed by atoms with Crippen LogP contribution < -0.4 is 10.1 Å². The Morgan fingerprint density at radius 3 is 1.80 bits per heavy atom. The molecule has 0 aliphatic rings. The second-order valence-electron chi connectivity index (χ2n) is 6.89. The fourth-order valence-corrected chi connectivity index (χ4v) is 3.37. The van der Waals surface area contributed by atoms with Crippen LogP contribution in [-0.4, -0.2) is 32.1 Å². The zero-order valence-corrected chi connectivity index (χ0v) is 17.1. The van der Waals surface area contributed by atoms with Crippen molar-refractivity contribution >= 4 is 11.9 Å². The van der Waals surface area contributed by atoms with Crippen molar-refractivity contribution in [2.75, 3.05) is 14.2 Å². The van der Waals surface area contributed by atoms with Gasteiger partial charge in [0.1, 0.15) is 11.8 Å². The van der Waals surface area contributed by atoms with Crippen molar-refractivity contribution < 1.29 is 19.1 Å². The number of ether oxygens (including phenoxy) is 2. The Hall–Kier alpha value is -3.60. The van der Waals surface area contributed by atoms with Gasteiger partial charge < -0.3 is 14.8 Å². The van der Waals surface area contributed by atoms with Crippen LogP contribution in [0.25, 0.3) is 0 Å². The molecule has 0 fully saturated rings. The van der Waals surface area contributed by atoms with Crippen LogP contribution in [0.3, 0.4) is 0 Å². The van der Waals surface area contributed by atoms with Crippen LogP contribution in [0.5, 0.6) is 5.75 Å². The zero-order chi connectivity index (χ0) is 21.3. The summed E-state index contributed by atoms with van der Waals surface area (Å²) in [5, 5.41) is 2.90. The number of esters is 1. The van der Waals surface area contributed by atoms with E-state index in [1.165, 1.54) is 7.11 Å². The third kappa shape index (κ3) is 5.26. The van der Waals surface area contributed by atoms with Gasteiger partial charge in [-0.15, -0.1) is 0 Å². The molecule has 0 heterocycles. The summed E-state index contributed by atoms with van der Waals surface area (Å²) in [6.45, 7) is 0. The minimum absolute atomic E-state index is 0.253. The minimum Gasteiger partial charge on any atom is -0.497 e. The Morgan fingerprint density at radius 2 is 1.33 bits per heavy atom. The van der Waals surface area contributed by atoms with Gasteiger partial charge in [-0.2, -0.15) is 0 Å². The molecule has 0 spiro atoms. The molecular formula is C25H25NO4. The normalized spacial score (nSPS) is 11.6. The Kier molecular flexibility index (Phi) is 7.22. The highest BCUT2D eigenvalue weighted by Crippen LogP contribution is 2.25. The average Bonchev–Trinajstić information content (AvgIpc) is 2.80. The van der Waals surface area contributed by atoms with Crippen LogP contribution >= 0.6 is 0 Å². The first-order valence-corrected chi connectivity index (χ1v) is 9.73. The number of hydrogen-bond acceptors (Lipinski definition) is 4. The molecule has 5 nitrogen and oxygen atoms in total. The van der Waals surface area contributed by atoms with E-state index in [1.807, 2.05) is 84.9 Å². The molecule has 0 unspecified atom stereocenters. The van der Waals surface area contributed by atoms with Gasteiger partial charge in [0, 0.05) is 6.42 Å². The van der Waals surface area contributed by atoms with Crippen molar-refractivity contribution in [1.29, 1.82) is 0 Å². The van der Waals surface area contributed by atoms with Gasteiger partial charge in [0.15, 0.2) is 0 Å². The molecule has 154 valence electrons. The van der Waals surface area contributed by atoms with E-state index in [0.717, 1.165) is 22.4 Å². The van der Waals surface area contributed by atoms with Gasteiger partial charge in [0.25, 0.3) is 0 Å². The van der Waals surface area contributed by atoms with E-state index in [0.29, 0.717) is 6.42 Å². The van der Waals surface area contributed by atoms with Gasteiger partial charge in [-0.25, -0.2) is 4.79 Å². The third-order valence-electron chi connectivity index (χ3n) is 4.93. The molecule has 3 aromatic rings. The Balaban J connectivity index is 1.85. The van der Waals surface area contributed by atoms with Gasteiger partial charge in [-0.05, 0) is 28.8 Å². The lowest BCUT2D eigenvalue weighted by Gasteiger charge is -2.22. The molecule has 0 saturated carbocycles. The van der Waals surface area contributed by atoms with Crippen molar-refractivity contribution in [3.8, 4) is 5.75 Å². The molecule has 5 heteroatoms. The molecule has 3 rings (SSSR count). The molecule has 1 N–H and O–H groups in total. The van der Waals surface area contributed by atoms with Crippen molar-refractivity contribution in [3.63, 3.8) is 0 Å². The van der Waals surface area contributed by atoms with E-state index in [-0.39, 0.29) is 5.91 Å². The maximum atomic E-state index is 13.3. The van der Waals surface area contributed by atoms with E-state index in [9.17, 15) is 9.59 Å². The second kappa shape index (κ2) is 10.3. The van der Waals surface area contributed by atoms with Crippen molar-refractivity contribution in [2.45, 2.75) is 18.4 Å². The number of methoxy groups -OCH3 is 2. The van der Waals surface area contributed by atoms with Crippen LogP contribution in [0.4, 0.5) is 0 Å². The van der Waals surface area contributed by atoms with Gasteiger partial charge >= 0.3 is 5.97 Å². The number of rotatable bonds is 8. The van der Waals surface area contributed by atoms with Crippen molar-refractivity contribution in [2.24, 2.45) is 0 Å². The Morgan fingerprint density at radius 1 is 0.800 bits per heavy atom. The molecule has 0 aromatic heterocycles. The lowest BCUT2D eigenvalue weighted by Crippen LogP contribution is -2.45. The van der Waals surface area contributed by atoms with Gasteiger partial charge in [-0.3, -0.25) is 4.79 Å². The quantitative estimate of drug-likeness (QED) is 0.582. The van der Waals surface area contributed by atoms with Gasteiger partial charge in [0.2, 0.25) is 5.91 Å². The summed E-state index contributed by atoms with van der Waals surface area (Å²) < 4.78 is 10.1. The SMILES string of the molecule is COC(=O)[C@@H](Cc1ccc(OC)cc1)NC(=O)C(c1ccccc1)c1ccccc1. The van der Waals surface area contributed by atoms with Crippen LogP contribution in [0, 0.1) is 0 Å². The average molecular weight is 403 g/mol. The molecule has 0 bridgehead atoms. The number of carbonyl (C=O) groups is 2. The smallest absolute Gasteiger partial charge is 0.328 e. The Bertz CT molecular complexity index is 916. The van der Waals surface area contributed by atoms with E-state index in [4.69, 9.17) is 9.47 Å². The molecule has 0 radical (unpaired) electrons. The first-order valence-electron chi connectivity index (χ1n) is 9.73.